The summed E-state index contributed by atoms with van der Waals surface area (Å²) in [7, 11) is -4.00. The molecule has 67 valence electrons. The summed E-state index contributed by atoms with van der Waals surface area (Å²) in [5.41, 5.74) is 0.489. The average molecular weight is 189 g/mol. The van der Waals surface area contributed by atoms with Crippen LogP contribution in [0.4, 0.5) is 0 Å². The van der Waals surface area contributed by atoms with Gasteiger partial charge in [0.2, 0.25) is 0 Å². The summed E-state index contributed by atoms with van der Waals surface area (Å²) < 4.78 is 10.5. The molecule has 0 heterocycles. The molecule has 0 aromatic heterocycles. The molecule has 1 radical (unpaired) electrons. The van der Waals surface area contributed by atoms with E-state index in [9.17, 15) is 4.57 Å². The summed E-state index contributed by atoms with van der Waals surface area (Å²) >= 11 is 0. The fraction of sp³-hybridized carbons (Fsp3) is 0.286. The van der Waals surface area contributed by atoms with Gasteiger partial charge < -0.3 is 14.9 Å². The maximum Gasteiger partial charge on any atom is 0.329 e. The van der Waals surface area contributed by atoms with E-state index in [0.29, 0.717) is 12.0 Å². The zero-order valence-corrected chi connectivity index (χ0v) is 7.24. The van der Waals surface area contributed by atoms with E-state index in [-0.39, 0.29) is 11.9 Å². The van der Waals surface area contributed by atoms with Gasteiger partial charge in [-0.05, 0) is 18.1 Å². The fourth-order valence-electron chi connectivity index (χ4n) is 0.987. The Morgan fingerprint density at radius 2 is 2.17 bits per heavy atom. The number of allylic oxidation sites excluding steroid dienone is 4. The van der Waals surface area contributed by atoms with Crippen LogP contribution in [0.25, 0.3) is 0 Å². The van der Waals surface area contributed by atoms with E-state index in [4.69, 9.17) is 14.9 Å². The summed E-state index contributed by atoms with van der Waals surface area (Å²) in [5.74, 6) is 0.0703. The van der Waals surface area contributed by atoms with Crippen LogP contribution in [0.1, 0.15) is 6.42 Å². The van der Waals surface area contributed by atoms with Gasteiger partial charge in [-0.25, -0.2) is 0 Å². The van der Waals surface area contributed by atoms with Gasteiger partial charge >= 0.3 is 7.60 Å². The van der Waals surface area contributed by atoms with Crippen molar-refractivity contribution in [3.8, 4) is 0 Å². The van der Waals surface area contributed by atoms with Gasteiger partial charge in [0.25, 0.3) is 0 Å². The Labute approximate surface area is 70.4 Å². The number of rotatable bonds is 2. The molecule has 12 heavy (non-hydrogen) atoms. The summed E-state index contributed by atoms with van der Waals surface area (Å²) in [4.78, 5) is 17.2. The predicted molar refractivity (Wildman–Crippen MR) is 44.6 cm³/mol. The van der Waals surface area contributed by atoms with Crippen molar-refractivity contribution in [1.82, 2.24) is 0 Å². The maximum atomic E-state index is 10.5. The second-order valence-electron chi connectivity index (χ2n) is 2.61. The molecule has 0 saturated carbocycles. The van der Waals surface area contributed by atoms with Crippen molar-refractivity contribution < 1.29 is 19.5 Å². The summed E-state index contributed by atoms with van der Waals surface area (Å²) in [5, 5.41) is 8.99. The first-order valence-corrected chi connectivity index (χ1v) is 5.24. The van der Waals surface area contributed by atoms with Crippen molar-refractivity contribution in [1.29, 1.82) is 0 Å². The second kappa shape index (κ2) is 3.44. The van der Waals surface area contributed by atoms with Crippen molar-refractivity contribution in [3.05, 3.63) is 29.9 Å². The van der Waals surface area contributed by atoms with Gasteiger partial charge in [0.15, 0.2) is 0 Å². The molecule has 4 nitrogen and oxygen atoms in total. The van der Waals surface area contributed by atoms with E-state index in [0.717, 1.165) is 0 Å². The highest BCUT2D eigenvalue weighted by Gasteiger charge is 2.16. The van der Waals surface area contributed by atoms with E-state index < -0.39 is 7.60 Å². The molecule has 3 N–H and O–H groups in total. The second-order valence-corrected chi connectivity index (χ2v) is 4.26. The largest absolute Gasteiger partial charge is 0.512 e. The molecule has 0 amide bonds. The Kier molecular flexibility index (Phi) is 2.73. The zero-order valence-electron chi connectivity index (χ0n) is 6.34. The molecular formula is C7H10O4P. The molecule has 0 bridgehead atoms. The smallest absolute Gasteiger partial charge is 0.329 e. The van der Waals surface area contributed by atoms with Gasteiger partial charge in [-0.2, -0.15) is 0 Å². The summed E-state index contributed by atoms with van der Waals surface area (Å²) in [6, 6.07) is 0. The first-order chi connectivity index (χ1) is 5.47. The maximum absolute atomic E-state index is 10.5. The number of hydrogen-bond acceptors (Lipinski definition) is 2. The molecular weight excluding hydrogens is 179 g/mol. The van der Waals surface area contributed by atoms with Gasteiger partial charge in [0, 0.05) is 6.42 Å². The minimum absolute atomic E-state index is 0.0703. The van der Waals surface area contributed by atoms with Crippen LogP contribution in [0.2, 0.25) is 0 Å². The lowest BCUT2D eigenvalue weighted by molar-refractivity contribution is 0.376. The molecule has 1 aliphatic carbocycles. The third-order valence-corrected chi connectivity index (χ3v) is 2.21. The average Bonchev–Trinajstić information content (AvgIpc) is 1.82. The quantitative estimate of drug-likeness (QED) is 0.569. The predicted octanol–water partition coefficient (Wildman–Crippen LogP) is 1.14. The van der Waals surface area contributed by atoms with E-state index in [1.54, 1.807) is 12.5 Å². The number of aliphatic hydroxyl groups excluding tert-OH is 1. The first-order valence-electron chi connectivity index (χ1n) is 3.45. The van der Waals surface area contributed by atoms with E-state index >= 15 is 0 Å². The Balaban J connectivity index is 2.66. The minimum atomic E-state index is -4.00. The topological polar surface area (TPSA) is 77.8 Å². The van der Waals surface area contributed by atoms with Crippen molar-refractivity contribution >= 4 is 7.60 Å². The Morgan fingerprint density at radius 1 is 1.50 bits per heavy atom. The summed E-state index contributed by atoms with van der Waals surface area (Å²) in [6.07, 6.45) is 4.84. The lowest BCUT2D eigenvalue weighted by Gasteiger charge is -2.09. The van der Waals surface area contributed by atoms with Crippen LogP contribution in [-0.4, -0.2) is 21.1 Å². The summed E-state index contributed by atoms with van der Waals surface area (Å²) in [6.45, 7) is 0. The molecule has 0 unspecified atom stereocenters. The van der Waals surface area contributed by atoms with E-state index in [1.807, 2.05) is 0 Å². The highest BCUT2D eigenvalue weighted by molar-refractivity contribution is 7.52. The van der Waals surface area contributed by atoms with Crippen molar-refractivity contribution in [2.75, 3.05) is 6.16 Å². The Hall–Kier alpha value is -0.570. The lowest BCUT2D eigenvalue weighted by Crippen LogP contribution is -1.97. The van der Waals surface area contributed by atoms with Gasteiger partial charge in [-0.15, -0.1) is 0 Å². The van der Waals surface area contributed by atoms with Gasteiger partial charge in [0.05, 0.1) is 11.9 Å². The highest BCUT2D eigenvalue weighted by atomic mass is 31.2. The van der Waals surface area contributed by atoms with Gasteiger partial charge in [-0.1, -0.05) is 6.08 Å². The molecule has 0 atom stereocenters. The normalized spacial score (nSPS) is 18.5. The van der Waals surface area contributed by atoms with Gasteiger partial charge in [-0.3, -0.25) is 4.57 Å². The van der Waals surface area contributed by atoms with Crippen molar-refractivity contribution in [2.24, 2.45) is 0 Å². The lowest BCUT2D eigenvalue weighted by atomic mass is 10.1. The van der Waals surface area contributed by atoms with Crippen molar-refractivity contribution in [3.63, 3.8) is 0 Å². The van der Waals surface area contributed by atoms with Crippen LogP contribution in [0.5, 0.6) is 0 Å². The molecule has 0 saturated heterocycles. The monoisotopic (exact) mass is 189 g/mol. The van der Waals surface area contributed by atoms with Crippen LogP contribution in [0.15, 0.2) is 23.5 Å². The molecule has 1 rings (SSSR count). The molecule has 0 fully saturated rings. The Bertz CT molecular complexity index is 273. The van der Waals surface area contributed by atoms with Crippen LogP contribution in [-0.2, 0) is 4.57 Å². The number of hydrogen-bond donors (Lipinski definition) is 3. The van der Waals surface area contributed by atoms with E-state index in [1.165, 1.54) is 6.08 Å². The third-order valence-electron chi connectivity index (χ3n) is 1.43. The molecule has 1 aliphatic rings. The molecule has 0 aliphatic heterocycles. The van der Waals surface area contributed by atoms with E-state index in [2.05, 4.69) is 0 Å². The van der Waals surface area contributed by atoms with Crippen molar-refractivity contribution in [2.45, 2.75) is 6.42 Å². The third kappa shape index (κ3) is 3.22. The van der Waals surface area contributed by atoms with Crippen LogP contribution >= 0.6 is 7.60 Å². The minimum Gasteiger partial charge on any atom is -0.512 e. The molecule has 0 aromatic rings. The highest BCUT2D eigenvalue weighted by Crippen LogP contribution is 2.38. The van der Waals surface area contributed by atoms with Crippen LogP contribution in [0, 0.1) is 6.42 Å². The molecule has 0 spiro atoms. The zero-order chi connectivity index (χ0) is 9.19. The SMILES string of the molecule is O=P(O)(O)CC1=CC[CH]C(O)=C1. The first kappa shape index (κ1) is 9.52. The number of aliphatic hydroxyl groups is 1. The Morgan fingerprint density at radius 3 is 2.67 bits per heavy atom. The van der Waals surface area contributed by atoms with Crippen LogP contribution < -0.4 is 0 Å². The van der Waals surface area contributed by atoms with Gasteiger partial charge in [0.1, 0.15) is 0 Å². The molecule has 5 heteroatoms. The fourth-order valence-corrected chi connectivity index (χ4v) is 1.68. The molecule has 0 aromatic carbocycles. The van der Waals surface area contributed by atoms with Crippen LogP contribution in [0.3, 0.4) is 0 Å². The standard InChI is InChI=1S/C7H10O4P/c8-7-3-1-2-6(4-7)5-12(9,10)11/h2-4,8H,1,5H2,(H2,9,10,11).